The Bertz CT molecular complexity index is 591. The van der Waals surface area contributed by atoms with Crippen LogP contribution < -0.4 is 10.1 Å². The summed E-state index contributed by atoms with van der Waals surface area (Å²) >= 11 is 3.71. The number of nitrogens with zero attached hydrogens (tertiary/aromatic N) is 1. The Morgan fingerprint density at radius 3 is 2.90 bits per heavy atom. The first kappa shape index (κ1) is 14.0. The predicted octanol–water partition coefficient (Wildman–Crippen LogP) is 4.39. The summed E-state index contributed by atoms with van der Waals surface area (Å²) < 4.78 is 6.85. The lowest BCUT2D eigenvalue weighted by atomic mass is 10.1. The Kier molecular flexibility index (Phi) is 4.08. The fourth-order valence-electron chi connectivity index (χ4n) is 2.82. The van der Waals surface area contributed by atoms with Gasteiger partial charge in [-0.25, -0.2) is 4.98 Å². The van der Waals surface area contributed by atoms with Crippen molar-refractivity contribution in [3.05, 3.63) is 18.2 Å². The molecule has 3 rings (SSSR count). The molecule has 0 radical (unpaired) electrons. The zero-order chi connectivity index (χ0) is 14.0. The highest BCUT2D eigenvalue weighted by atomic mass is 32.2. The van der Waals surface area contributed by atoms with E-state index in [9.17, 15) is 0 Å². The highest BCUT2D eigenvalue weighted by Crippen LogP contribution is 2.40. The number of ether oxygens (including phenoxy) is 1. The van der Waals surface area contributed by atoms with Crippen LogP contribution in [-0.2, 0) is 0 Å². The van der Waals surface area contributed by atoms with Gasteiger partial charge in [0.2, 0.25) is 0 Å². The number of hydrogen-bond acceptors (Lipinski definition) is 5. The largest absolute Gasteiger partial charge is 0.497 e. The average Bonchev–Trinajstić information content (AvgIpc) is 3.11. The van der Waals surface area contributed by atoms with Gasteiger partial charge >= 0.3 is 0 Å². The van der Waals surface area contributed by atoms with E-state index in [0.29, 0.717) is 4.75 Å². The fourth-order valence-corrected chi connectivity index (χ4v) is 4.62. The minimum Gasteiger partial charge on any atom is -0.497 e. The summed E-state index contributed by atoms with van der Waals surface area (Å²) in [6.45, 7) is 1.02. The molecule has 1 aromatic carbocycles. The van der Waals surface area contributed by atoms with Crippen LogP contribution in [0.4, 0.5) is 5.13 Å². The molecule has 3 nitrogen and oxygen atoms in total. The lowest BCUT2D eigenvalue weighted by Gasteiger charge is -2.26. The number of aromatic nitrogens is 1. The normalized spacial score (nSPS) is 17.5. The predicted molar refractivity (Wildman–Crippen MR) is 89.4 cm³/mol. The first-order chi connectivity index (χ1) is 9.74. The molecule has 108 valence electrons. The lowest BCUT2D eigenvalue weighted by molar-refractivity contribution is 0.415. The molecule has 1 N–H and O–H groups in total. The first-order valence-electron chi connectivity index (χ1n) is 6.98. The minimum absolute atomic E-state index is 0.412. The third-order valence-corrected chi connectivity index (χ3v) is 6.50. The van der Waals surface area contributed by atoms with Crippen molar-refractivity contribution in [2.24, 2.45) is 0 Å². The molecule has 0 aliphatic heterocycles. The Balaban J connectivity index is 1.74. The number of fused-ring (bicyclic) bond motifs is 1. The monoisotopic (exact) mass is 308 g/mol. The van der Waals surface area contributed by atoms with E-state index >= 15 is 0 Å². The number of thiazole rings is 1. The number of anilines is 1. The van der Waals surface area contributed by atoms with Crippen molar-refractivity contribution >= 4 is 38.4 Å². The van der Waals surface area contributed by atoms with Crippen LogP contribution in [-0.4, -0.2) is 29.6 Å². The van der Waals surface area contributed by atoms with Gasteiger partial charge in [-0.05, 0) is 37.3 Å². The minimum atomic E-state index is 0.412. The maximum atomic E-state index is 5.26. The van der Waals surface area contributed by atoms with Crippen LogP contribution in [0.1, 0.15) is 25.7 Å². The van der Waals surface area contributed by atoms with E-state index in [0.717, 1.165) is 22.9 Å². The van der Waals surface area contributed by atoms with E-state index in [1.54, 1.807) is 18.4 Å². The van der Waals surface area contributed by atoms with Crippen molar-refractivity contribution in [2.75, 3.05) is 25.2 Å². The third kappa shape index (κ3) is 2.74. The van der Waals surface area contributed by atoms with E-state index in [1.165, 1.54) is 30.4 Å². The molecule has 0 saturated heterocycles. The fraction of sp³-hybridized carbons (Fsp3) is 0.533. The summed E-state index contributed by atoms with van der Waals surface area (Å²) in [6, 6.07) is 6.04. The highest BCUT2D eigenvalue weighted by molar-refractivity contribution is 8.00. The molecule has 0 bridgehead atoms. The second-order valence-corrected chi connectivity index (χ2v) is 7.61. The maximum absolute atomic E-state index is 5.26. The van der Waals surface area contributed by atoms with Crippen LogP contribution >= 0.6 is 23.1 Å². The number of methoxy groups -OCH3 is 1. The topological polar surface area (TPSA) is 34.1 Å². The van der Waals surface area contributed by atoms with E-state index < -0.39 is 0 Å². The summed E-state index contributed by atoms with van der Waals surface area (Å²) in [7, 11) is 1.70. The van der Waals surface area contributed by atoms with Crippen molar-refractivity contribution in [3.8, 4) is 5.75 Å². The van der Waals surface area contributed by atoms with Gasteiger partial charge in [0.25, 0.3) is 0 Å². The lowest BCUT2D eigenvalue weighted by Crippen LogP contribution is -2.29. The third-order valence-electron chi connectivity index (χ3n) is 4.11. The highest BCUT2D eigenvalue weighted by Gasteiger charge is 2.32. The van der Waals surface area contributed by atoms with Crippen molar-refractivity contribution in [2.45, 2.75) is 30.4 Å². The van der Waals surface area contributed by atoms with Crippen LogP contribution in [0.5, 0.6) is 5.75 Å². The van der Waals surface area contributed by atoms with E-state index in [1.807, 2.05) is 23.9 Å². The van der Waals surface area contributed by atoms with Crippen LogP contribution in [0.3, 0.4) is 0 Å². The Labute approximate surface area is 128 Å². The van der Waals surface area contributed by atoms with Crippen molar-refractivity contribution < 1.29 is 4.74 Å². The number of nitrogens with one attached hydrogen (secondary N) is 1. The van der Waals surface area contributed by atoms with Crippen molar-refractivity contribution in [1.82, 2.24) is 4.98 Å². The smallest absolute Gasteiger partial charge is 0.183 e. The van der Waals surface area contributed by atoms with Gasteiger partial charge < -0.3 is 10.1 Å². The molecule has 0 atom stereocenters. The molecule has 2 aromatic rings. The molecule has 1 heterocycles. The number of thioether (sulfide) groups is 1. The van der Waals surface area contributed by atoms with E-state index in [-0.39, 0.29) is 0 Å². The summed E-state index contributed by atoms with van der Waals surface area (Å²) in [5.74, 6) is 0.893. The number of benzene rings is 1. The Hall–Kier alpha value is -0.940. The van der Waals surface area contributed by atoms with Gasteiger partial charge in [0.15, 0.2) is 5.13 Å². The van der Waals surface area contributed by atoms with E-state index in [2.05, 4.69) is 22.6 Å². The van der Waals surface area contributed by atoms with Gasteiger partial charge in [0.1, 0.15) is 5.75 Å². The van der Waals surface area contributed by atoms with Gasteiger partial charge in [-0.1, -0.05) is 24.2 Å². The van der Waals surface area contributed by atoms with Crippen LogP contribution in [0.25, 0.3) is 10.2 Å². The van der Waals surface area contributed by atoms with Gasteiger partial charge in [-0.15, -0.1) is 0 Å². The molecule has 1 aliphatic carbocycles. The van der Waals surface area contributed by atoms with E-state index in [4.69, 9.17) is 4.74 Å². The number of hydrogen-bond donors (Lipinski definition) is 1. The van der Waals surface area contributed by atoms with Gasteiger partial charge in [-0.2, -0.15) is 11.8 Å². The molecule has 1 fully saturated rings. The van der Waals surface area contributed by atoms with Crippen LogP contribution in [0.2, 0.25) is 0 Å². The second-order valence-electron chi connectivity index (χ2n) is 5.30. The Morgan fingerprint density at radius 1 is 1.40 bits per heavy atom. The van der Waals surface area contributed by atoms with Crippen LogP contribution in [0, 0.1) is 0 Å². The first-order valence-corrected chi connectivity index (χ1v) is 9.02. The SMILES string of the molecule is COc1ccc2nc(NCC3(SC)CCCC3)sc2c1. The molecule has 0 unspecified atom stereocenters. The summed E-state index contributed by atoms with van der Waals surface area (Å²) in [6.07, 6.45) is 7.59. The molecular weight excluding hydrogens is 288 g/mol. The molecular formula is C15H20N2OS2. The van der Waals surface area contributed by atoms with Gasteiger partial charge in [0.05, 0.1) is 17.3 Å². The van der Waals surface area contributed by atoms with Crippen molar-refractivity contribution in [3.63, 3.8) is 0 Å². The molecule has 0 amide bonds. The molecule has 20 heavy (non-hydrogen) atoms. The Morgan fingerprint density at radius 2 is 2.20 bits per heavy atom. The standard InChI is InChI=1S/C15H20N2OS2/c1-18-11-5-6-12-13(9-11)20-14(17-12)16-10-15(19-2)7-3-4-8-15/h5-6,9H,3-4,7-8,10H2,1-2H3,(H,16,17). The summed E-state index contributed by atoms with van der Waals surface area (Å²) in [4.78, 5) is 4.66. The molecule has 1 aliphatic rings. The molecule has 1 saturated carbocycles. The average molecular weight is 308 g/mol. The number of rotatable bonds is 5. The van der Waals surface area contributed by atoms with Gasteiger partial charge in [0, 0.05) is 11.3 Å². The second kappa shape index (κ2) is 5.82. The van der Waals surface area contributed by atoms with Gasteiger partial charge in [-0.3, -0.25) is 0 Å². The van der Waals surface area contributed by atoms with Crippen molar-refractivity contribution in [1.29, 1.82) is 0 Å². The zero-order valence-corrected chi connectivity index (χ0v) is 13.6. The quantitative estimate of drug-likeness (QED) is 0.888. The summed E-state index contributed by atoms with van der Waals surface area (Å²) in [5, 5.41) is 4.57. The molecule has 0 spiro atoms. The molecule has 5 heteroatoms. The van der Waals surface area contributed by atoms with Crippen LogP contribution in [0.15, 0.2) is 18.2 Å². The molecule has 1 aromatic heterocycles. The summed E-state index contributed by atoms with van der Waals surface area (Å²) in [5.41, 5.74) is 1.04. The maximum Gasteiger partial charge on any atom is 0.183 e. The zero-order valence-electron chi connectivity index (χ0n) is 11.9.